The molecule has 0 radical (unpaired) electrons. The Bertz CT molecular complexity index is 1100. The number of allylic oxidation sites excluding steroid dienone is 3. The van der Waals surface area contributed by atoms with Crippen LogP contribution in [0.4, 0.5) is 0 Å². The Labute approximate surface area is 282 Å². The van der Waals surface area contributed by atoms with E-state index in [2.05, 4.69) is 101 Å². The summed E-state index contributed by atoms with van der Waals surface area (Å²) in [7, 11) is -3.98. The van der Waals surface area contributed by atoms with Crippen LogP contribution in [0.25, 0.3) is 0 Å². The molecule has 0 aliphatic heterocycles. The van der Waals surface area contributed by atoms with Gasteiger partial charge in [0.25, 0.3) is 0 Å². The molecule has 3 rings (SSSR count). The van der Waals surface area contributed by atoms with Crippen LogP contribution in [0.15, 0.2) is 35.5 Å². The monoisotopic (exact) mass is 659 g/mol. The fraction of sp³-hybridized carbons (Fsp3) is 0.850. The van der Waals surface area contributed by atoms with Gasteiger partial charge in [0.15, 0.2) is 16.6 Å². The van der Waals surface area contributed by atoms with Crippen LogP contribution in [0.2, 0.25) is 36.3 Å². The number of hydrogen-bond donors (Lipinski definition) is 1. The third kappa shape index (κ3) is 8.96. The van der Waals surface area contributed by atoms with Crippen molar-refractivity contribution >= 4 is 16.6 Å². The molecule has 3 fully saturated rings. The highest BCUT2D eigenvalue weighted by atomic mass is 28.4. The molecule has 3 aliphatic rings. The summed E-state index contributed by atoms with van der Waals surface area (Å²) in [6.07, 6.45) is 15.8. The van der Waals surface area contributed by atoms with Crippen LogP contribution >= 0.6 is 0 Å². The van der Waals surface area contributed by atoms with Crippen LogP contribution in [0.3, 0.4) is 0 Å². The molecule has 3 aliphatic carbocycles. The zero-order valence-corrected chi connectivity index (χ0v) is 34.5. The minimum atomic E-state index is -2.01. The summed E-state index contributed by atoms with van der Waals surface area (Å²) in [5, 5.41) is 10.6. The van der Waals surface area contributed by atoms with E-state index in [4.69, 9.17) is 15.4 Å². The predicted octanol–water partition coefficient (Wildman–Crippen LogP) is 12.0. The quantitative estimate of drug-likeness (QED) is 0.237. The molecule has 1 N–H and O–H groups in total. The first-order valence-corrected chi connectivity index (χ1v) is 24.3. The van der Waals surface area contributed by atoms with E-state index in [1.807, 2.05) is 13.8 Å². The zero-order valence-electron chi connectivity index (χ0n) is 32.5. The Balaban J connectivity index is 1.90. The molecule has 3 nitrogen and oxygen atoms in total. The standard InChI is InChI=1S/C40H74O3Si2/c1-28(19-17-25-39(10,11)41)33-23-24-34-31(20-18-26-40(33,34)12)21-22-32-27-35(42-44(13,14)37(4,5)6)30(3)36(29(32)2)43-45(15,16)38(7,8)9/h21-22,28,30,33-36,41H,2,17-20,23-27H2,1,3-16H3/b31-21?,32-22-/t28-,30-,33+,34?,35-,36+,40+/m0/s1. The van der Waals surface area contributed by atoms with Gasteiger partial charge in [-0.2, -0.15) is 0 Å². The summed E-state index contributed by atoms with van der Waals surface area (Å²) in [6.45, 7) is 39.7. The normalized spacial score (nSPS) is 33.2. The first kappa shape index (κ1) is 39.0. The molecule has 1 unspecified atom stereocenters. The maximum atomic E-state index is 10.3. The van der Waals surface area contributed by atoms with Crippen molar-refractivity contribution in [3.8, 4) is 0 Å². The molecule has 5 heteroatoms. The minimum absolute atomic E-state index is 0.00343. The summed E-state index contributed by atoms with van der Waals surface area (Å²) >= 11 is 0. The lowest BCUT2D eigenvalue weighted by atomic mass is 9.60. The molecule has 0 spiro atoms. The van der Waals surface area contributed by atoms with Crippen molar-refractivity contribution in [1.29, 1.82) is 0 Å². The Morgan fingerprint density at radius 2 is 1.53 bits per heavy atom. The van der Waals surface area contributed by atoms with Crippen molar-refractivity contribution in [1.82, 2.24) is 0 Å². The first-order chi connectivity index (χ1) is 20.3. The maximum Gasteiger partial charge on any atom is 0.192 e. The molecule has 0 aromatic rings. The number of rotatable bonds is 10. The van der Waals surface area contributed by atoms with Gasteiger partial charge in [-0.25, -0.2) is 0 Å². The summed E-state index contributed by atoms with van der Waals surface area (Å²) in [4.78, 5) is 0. The second-order valence-electron chi connectivity index (χ2n) is 19.5. The molecule has 0 aromatic heterocycles. The molecule has 7 atom stereocenters. The second-order valence-corrected chi connectivity index (χ2v) is 29.0. The zero-order chi connectivity index (χ0) is 34.4. The van der Waals surface area contributed by atoms with Crippen LogP contribution in [0.1, 0.15) is 134 Å². The van der Waals surface area contributed by atoms with Gasteiger partial charge in [-0.3, -0.25) is 0 Å². The molecule has 0 amide bonds. The highest BCUT2D eigenvalue weighted by Gasteiger charge is 2.51. The van der Waals surface area contributed by atoms with Gasteiger partial charge in [-0.15, -0.1) is 0 Å². The van der Waals surface area contributed by atoms with E-state index in [0.29, 0.717) is 17.3 Å². The van der Waals surface area contributed by atoms with Gasteiger partial charge in [0, 0.05) is 5.92 Å². The van der Waals surface area contributed by atoms with Crippen molar-refractivity contribution < 1.29 is 14.0 Å². The van der Waals surface area contributed by atoms with E-state index in [9.17, 15) is 5.11 Å². The molecule has 0 bridgehead atoms. The summed E-state index contributed by atoms with van der Waals surface area (Å²) in [6, 6.07) is 0. The van der Waals surface area contributed by atoms with Crippen molar-refractivity contribution in [3.05, 3.63) is 35.5 Å². The third-order valence-electron chi connectivity index (χ3n) is 13.4. The molecular weight excluding hydrogens is 585 g/mol. The van der Waals surface area contributed by atoms with E-state index in [1.54, 1.807) is 5.57 Å². The fourth-order valence-electron chi connectivity index (χ4n) is 8.26. The van der Waals surface area contributed by atoms with E-state index in [-0.39, 0.29) is 28.2 Å². The summed E-state index contributed by atoms with van der Waals surface area (Å²) in [5.41, 5.74) is 4.02. The number of hydrogen-bond acceptors (Lipinski definition) is 3. The van der Waals surface area contributed by atoms with Crippen molar-refractivity contribution in [2.75, 3.05) is 0 Å². The van der Waals surface area contributed by atoms with Crippen LogP contribution in [-0.4, -0.2) is 39.6 Å². The van der Waals surface area contributed by atoms with Crippen molar-refractivity contribution in [2.24, 2.45) is 29.1 Å². The van der Waals surface area contributed by atoms with E-state index in [0.717, 1.165) is 25.2 Å². The third-order valence-corrected chi connectivity index (χ3v) is 22.4. The smallest absolute Gasteiger partial charge is 0.192 e. The lowest BCUT2D eigenvalue weighted by Crippen LogP contribution is -2.53. The maximum absolute atomic E-state index is 10.3. The van der Waals surface area contributed by atoms with Gasteiger partial charge < -0.3 is 14.0 Å². The number of aliphatic hydroxyl groups is 1. The van der Waals surface area contributed by atoms with Gasteiger partial charge >= 0.3 is 0 Å². The fourth-order valence-corrected chi connectivity index (χ4v) is 11.0. The van der Waals surface area contributed by atoms with Crippen LogP contribution in [0, 0.1) is 29.1 Å². The van der Waals surface area contributed by atoms with Crippen LogP contribution in [-0.2, 0) is 8.85 Å². The predicted molar refractivity (Wildman–Crippen MR) is 201 cm³/mol. The first-order valence-electron chi connectivity index (χ1n) is 18.5. The Morgan fingerprint density at radius 3 is 2.09 bits per heavy atom. The molecule has 260 valence electrons. The van der Waals surface area contributed by atoms with Crippen molar-refractivity contribution in [2.45, 2.75) is 188 Å². The van der Waals surface area contributed by atoms with E-state index >= 15 is 0 Å². The number of fused-ring (bicyclic) bond motifs is 1. The lowest BCUT2D eigenvalue weighted by molar-refractivity contribution is 0.0406. The van der Waals surface area contributed by atoms with E-state index < -0.39 is 22.2 Å². The minimum Gasteiger partial charge on any atom is -0.413 e. The van der Waals surface area contributed by atoms with Gasteiger partial charge in [0.05, 0.1) is 17.8 Å². The van der Waals surface area contributed by atoms with Crippen LogP contribution < -0.4 is 0 Å². The SMILES string of the molecule is C=C1/C(=C\C=C2CCC[C@@]3(C)C2CC[C@@H]3[C@@H](C)CCCC(C)(C)O)C[C@H](O[Si](C)(C)C(C)(C)C)[C@H](C)[C@@H]1O[Si](C)(C)C(C)(C)C. The topological polar surface area (TPSA) is 38.7 Å². The van der Waals surface area contributed by atoms with Gasteiger partial charge in [0.1, 0.15) is 0 Å². The molecule has 0 heterocycles. The Morgan fingerprint density at radius 1 is 0.956 bits per heavy atom. The average molecular weight is 659 g/mol. The van der Waals surface area contributed by atoms with Gasteiger partial charge in [0.2, 0.25) is 0 Å². The summed E-state index contributed by atoms with van der Waals surface area (Å²) in [5.74, 6) is 2.44. The highest BCUT2D eigenvalue weighted by Crippen LogP contribution is 2.60. The molecule has 3 saturated carbocycles. The lowest BCUT2D eigenvalue weighted by Gasteiger charge is -2.48. The Hall–Kier alpha value is -0.466. The van der Waals surface area contributed by atoms with Crippen LogP contribution in [0.5, 0.6) is 0 Å². The summed E-state index contributed by atoms with van der Waals surface area (Å²) < 4.78 is 14.4. The van der Waals surface area contributed by atoms with Gasteiger partial charge in [-0.1, -0.05) is 99.5 Å². The van der Waals surface area contributed by atoms with Gasteiger partial charge in [-0.05, 0) is 129 Å². The average Bonchev–Trinajstić information content (AvgIpc) is 3.23. The highest BCUT2D eigenvalue weighted by molar-refractivity contribution is 6.74. The molecule has 0 saturated heterocycles. The molecule has 0 aromatic carbocycles. The van der Waals surface area contributed by atoms with E-state index in [1.165, 1.54) is 49.7 Å². The second kappa shape index (κ2) is 13.8. The molecule has 45 heavy (non-hydrogen) atoms. The Kier molecular flexibility index (Phi) is 12.0. The van der Waals surface area contributed by atoms with Crippen molar-refractivity contribution in [3.63, 3.8) is 0 Å². The largest absolute Gasteiger partial charge is 0.413 e. The molecular formula is C40H74O3Si2.